The van der Waals surface area contributed by atoms with Crippen molar-refractivity contribution in [1.29, 1.82) is 0 Å². The van der Waals surface area contributed by atoms with E-state index in [9.17, 15) is 5.11 Å². The third kappa shape index (κ3) is 6.05. The molecule has 0 amide bonds. The SMILES string of the molecule is Cc1ccccc1CN(CCN1CCOCC1)CC(C)(C)O. The highest BCUT2D eigenvalue weighted by atomic mass is 16.5. The second kappa shape index (κ2) is 8.06. The molecule has 0 bridgehead atoms. The van der Waals surface area contributed by atoms with Gasteiger partial charge in [0.1, 0.15) is 0 Å². The van der Waals surface area contributed by atoms with Gasteiger partial charge in [0.2, 0.25) is 0 Å². The Kier molecular flexibility index (Phi) is 6.38. The van der Waals surface area contributed by atoms with Crippen molar-refractivity contribution >= 4 is 0 Å². The van der Waals surface area contributed by atoms with Crippen LogP contribution in [0.5, 0.6) is 0 Å². The predicted molar refractivity (Wildman–Crippen MR) is 90.0 cm³/mol. The summed E-state index contributed by atoms with van der Waals surface area (Å²) in [5.74, 6) is 0. The third-order valence-corrected chi connectivity index (χ3v) is 4.10. The Morgan fingerprint density at radius 2 is 1.91 bits per heavy atom. The zero-order valence-corrected chi connectivity index (χ0v) is 14.2. The van der Waals surface area contributed by atoms with E-state index in [0.29, 0.717) is 6.54 Å². The van der Waals surface area contributed by atoms with Crippen LogP contribution < -0.4 is 0 Å². The molecule has 0 atom stereocenters. The molecule has 0 saturated carbocycles. The third-order valence-electron chi connectivity index (χ3n) is 4.10. The first-order chi connectivity index (χ1) is 10.4. The fourth-order valence-electron chi connectivity index (χ4n) is 2.90. The van der Waals surface area contributed by atoms with Crippen molar-refractivity contribution in [1.82, 2.24) is 9.80 Å². The molecular formula is C18H30N2O2. The predicted octanol–water partition coefficient (Wildman–Crippen LogP) is 1.90. The van der Waals surface area contributed by atoms with Crippen LogP contribution >= 0.6 is 0 Å². The number of hydrogen-bond acceptors (Lipinski definition) is 4. The molecule has 1 aliphatic rings. The van der Waals surface area contributed by atoms with Crippen LogP contribution in [0.3, 0.4) is 0 Å². The Labute approximate surface area is 134 Å². The summed E-state index contributed by atoms with van der Waals surface area (Å²) in [5.41, 5.74) is 1.98. The first-order valence-electron chi connectivity index (χ1n) is 8.23. The van der Waals surface area contributed by atoms with Gasteiger partial charge in [-0.3, -0.25) is 9.80 Å². The van der Waals surface area contributed by atoms with E-state index in [1.807, 2.05) is 13.8 Å². The molecule has 1 N–H and O–H groups in total. The molecule has 0 spiro atoms. The van der Waals surface area contributed by atoms with Crippen LogP contribution in [0.15, 0.2) is 24.3 Å². The van der Waals surface area contributed by atoms with E-state index >= 15 is 0 Å². The van der Waals surface area contributed by atoms with Crippen molar-refractivity contribution in [2.45, 2.75) is 32.9 Å². The van der Waals surface area contributed by atoms with Gasteiger partial charge in [-0.15, -0.1) is 0 Å². The Morgan fingerprint density at radius 1 is 1.23 bits per heavy atom. The van der Waals surface area contributed by atoms with E-state index < -0.39 is 5.60 Å². The van der Waals surface area contributed by atoms with Crippen molar-refractivity contribution in [3.8, 4) is 0 Å². The van der Waals surface area contributed by atoms with Crippen LogP contribution in [0.4, 0.5) is 0 Å². The lowest BCUT2D eigenvalue weighted by molar-refractivity contribution is 0.0139. The second-order valence-corrected chi connectivity index (χ2v) is 6.90. The summed E-state index contributed by atoms with van der Waals surface area (Å²) in [5, 5.41) is 10.2. The Bertz CT molecular complexity index is 451. The van der Waals surface area contributed by atoms with E-state index in [1.165, 1.54) is 11.1 Å². The van der Waals surface area contributed by atoms with Gasteiger partial charge in [-0.2, -0.15) is 0 Å². The topological polar surface area (TPSA) is 35.9 Å². The van der Waals surface area contributed by atoms with Crippen molar-refractivity contribution < 1.29 is 9.84 Å². The highest BCUT2D eigenvalue weighted by molar-refractivity contribution is 5.25. The lowest BCUT2D eigenvalue weighted by Crippen LogP contribution is -2.44. The molecule has 1 heterocycles. The first-order valence-corrected chi connectivity index (χ1v) is 8.23. The average Bonchev–Trinajstić information content (AvgIpc) is 2.47. The van der Waals surface area contributed by atoms with Crippen LogP contribution in [-0.2, 0) is 11.3 Å². The number of aliphatic hydroxyl groups is 1. The summed E-state index contributed by atoms with van der Waals surface area (Å²) in [6.45, 7) is 13.2. The molecule has 4 nitrogen and oxygen atoms in total. The molecule has 0 unspecified atom stereocenters. The summed E-state index contributed by atoms with van der Waals surface area (Å²) < 4.78 is 5.40. The second-order valence-electron chi connectivity index (χ2n) is 6.90. The van der Waals surface area contributed by atoms with Gasteiger partial charge in [0, 0.05) is 39.3 Å². The minimum atomic E-state index is -0.673. The van der Waals surface area contributed by atoms with Gasteiger partial charge in [-0.1, -0.05) is 24.3 Å². The quantitative estimate of drug-likeness (QED) is 0.835. The largest absolute Gasteiger partial charge is 0.389 e. The van der Waals surface area contributed by atoms with E-state index in [2.05, 4.69) is 41.0 Å². The van der Waals surface area contributed by atoms with Gasteiger partial charge < -0.3 is 9.84 Å². The molecular weight excluding hydrogens is 276 g/mol. The van der Waals surface area contributed by atoms with Gasteiger partial charge in [0.05, 0.1) is 18.8 Å². The molecule has 1 aliphatic heterocycles. The standard InChI is InChI=1S/C18H30N2O2/c1-16-6-4-5-7-17(16)14-20(15-18(2,3)21)9-8-19-10-12-22-13-11-19/h4-7,21H,8-15H2,1-3H3. The van der Waals surface area contributed by atoms with Crippen molar-refractivity contribution in [2.24, 2.45) is 0 Å². The summed E-state index contributed by atoms with van der Waals surface area (Å²) in [6.07, 6.45) is 0. The molecule has 0 aliphatic carbocycles. The molecule has 1 saturated heterocycles. The molecule has 124 valence electrons. The minimum absolute atomic E-state index is 0.673. The van der Waals surface area contributed by atoms with Gasteiger partial charge >= 0.3 is 0 Å². The number of benzene rings is 1. The van der Waals surface area contributed by atoms with E-state index in [4.69, 9.17) is 4.74 Å². The highest BCUT2D eigenvalue weighted by Gasteiger charge is 2.20. The maximum Gasteiger partial charge on any atom is 0.0718 e. The molecule has 1 aromatic carbocycles. The number of aryl methyl sites for hydroxylation is 1. The van der Waals surface area contributed by atoms with Crippen LogP contribution in [0, 0.1) is 6.92 Å². The Hall–Kier alpha value is -0.940. The normalized spacial score (nSPS) is 17.1. The molecule has 0 radical (unpaired) electrons. The Balaban J connectivity index is 1.94. The zero-order valence-electron chi connectivity index (χ0n) is 14.2. The van der Waals surface area contributed by atoms with Gasteiger partial charge in [0.25, 0.3) is 0 Å². The highest BCUT2D eigenvalue weighted by Crippen LogP contribution is 2.13. The molecule has 4 heteroatoms. The van der Waals surface area contributed by atoms with Crippen molar-refractivity contribution in [3.63, 3.8) is 0 Å². The maximum absolute atomic E-state index is 10.2. The number of ether oxygens (including phenoxy) is 1. The molecule has 1 aromatic rings. The monoisotopic (exact) mass is 306 g/mol. The summed E-state index contributed by atoms with van der Waals surface area (Å²) in [6, 6.07) is 8.50. The Morgan fingerprint density at radius 3 is 2.55 bits per heavy atom. The average molecular weight is 306 g/mol. The molecule has 2 rings (SSSR count). The van der Waals surface area contributed by atoms with Gasteiger partial charge in [0.15, 0.2) is 0 Å². The maximum atomic E-state index is 10.2. The number of nitrogens with zero attached hydrogens (tertiary/aromatic N) is 2. The van der Waals surface area contributed by atoms with Crippen molar-refractivity contribution in [2.75, 3.05) is 45.9 Å². The minimum Gasteiger partial charge on any atom is -0.389 e. The number of morpholine rings is 1. The van der Waals surface area contributed by atoms with Crippen LogP contribution in [0.2, 0.25) is 0 Å². The first kappa shape index (κ1) is 17.4. The van der Waals surface area contributed by atoms with Gasteiger partial charge in [-0.25, -0.2) is 0 Å². The molecule has 22 heavy (non-hydrogen) atoms. The van der Waals surface area contributed by atoms with Crippen LogP contribution in [0.1, 0.15) is 25.0 Å². The fraction of sp³-hybridized carbons (Fsp3) is 0.667. The van der Waals surface area contributed by atoms with Crippen LogP contribution in [-0.4, -0.2) is 66.4 Å². The smallest absolute Gasteiger partial charge is 0.0718 e. The zero-order chi connectivity index (χ0) is 16.0. The number of rotatable bonds is 7. The van der Waals surface area contributed by atoms with E-state index in [-0.39, 0.29) is 0 Å². The van der Waals surface area contributed by atoms with E-state index in [1.54, 1.807) is 0 Å². The fourth-order valence-corrected chi connectivity index (χ4v) is 2.90. The number of hydrogen-bond donors (Lipinski definition) is 1. The molecule has 0 aromatic heterocycles. The van der Waals surface area contributed by atoms with Gasteiger partial charge in [-0.05, 0) is 31.9 Å². The summed E-state index contributed by atoms with van der Waals surface area (Å²) in [4.78, 5) is 4.80. The van der Waals surface area contributed by atoms with Crippen molar-refractivity contribution in [3.05, 3.63) is 35.4 Å². The van der Waals surface area contributed by atoms with E-state index in [0.717, 1.165) is 45.9 Å². The lowest BCUT2D eigenvalue weighted by Gasteiger charge is -2.33. The summed E-state index contributed by atoms with van der Waals surface area (Å²) in [7, 11) is 0. The van der Waals surface area contributed by atoms with Crippen LogP contribution in [0.25, 0.3) is 0 Å². The molecule has 1 fully saturated rings. The lowest BCUT2D eigenvalue weighted by atomic mass is 10.1. The summed E-state index contributed by atoms with van der Waals surface area (Å²) >= 11 is 0.